The quantitative estimate of drug-likeness (QED) is 0.759. The topological polar surface area (TPSA) is 47.0 Å². The normalized spacial score (nSPS) is 12.5. The molecule has 0 bridgehead atoms. The number of aryl methyl sites for hydroxylation is 1. The summed E-state index contributed by atoms with van der Waals surface area (Å²) in [6.07, 6.45) is 1.55. The van der Waals surface area contributed by atoms with Crippen molar-refractivity contribution in [2.75, 3.05) is 19.0 Å². The summed E-state index contributed by atoms with van der Waals surface area (Å²) in [7, 11) is 1.68. The average Bonchev–Trinajstić information content (AvgIpc) is 2.04. The Bertz CT molecular complexity index is 265. The molecule has 0 saturated carbocycles. The lowest BCUT2D eigenvalue weighted by molar-refractivity contribution is 0.190. The first-order valence-electron chi connectivity index (χ1n) is 4.26. The fourth-order valence-corrected chi connectivity index (χ4v) is 1.08. The zero-order chi connectivity index (χ0) is 9.68. The number of nitrogens with zero attached hydrogens (tertiary/aromatic N) is 2. The van der Waals surface area contributed by atoms with Gasteiger partial charge in [0, 0.05) is 24.9 Å². The SMILES string of the molecule is COC[C@@H](C)Nc1cc(C)ncn1. The lowest BCUT2D eigenvalue weighted by Gasteiger charge is -2.12. The average molecular weight is 181 g/mol. The van der Waals surface area contributed by atoms with E-state index in [0.29, 0.717) is 6.61 Å². The maximum Gasteiger partial charge on any atom is 0.129 e. The second-order valence-corrected chi connectivity index (χ2v) is 3.05. The van der Waals surface area contributed by atoms with E-state index in [0.717, 1.165) is 11.5 Å². The first-order chi connectivity index (χ1) is 6.22. The van der Waals surface area contributed by atoms with Gasteiger partial charge in [-0.15, -0.1) is 0 Å². The lowest BCUT2D eigenvalue weighted by Crippen LogP contribution is -2.21. The predicted molar refractivity (Wildman–Crippen MR) is 51.7 cm³/mol. The third-order valence-electron chi connectivity index (χ3n) is 1.61. The van der Waals surface area contributed by atoms with Crippen molar-refractivity contribution in [3.63, 3.8) is 0 Å². The molecule has 0 spiro atoms. The van der Waals surface area contributed by atoms with Gasteiger partial charge in [0.2, 0.25) is 0 Å². The van der Waals surface area contributed by atoms with Crippen molar-refractivity contribution in [2.45, 2.75) is 19.9 Å². The number of hydrogen-bond donors (Lipinski definition) is 1. The van der Waals surface area contributed by atoms with Crippen molar-refractivity contribution in [3.05, 3.63) is 18.1 Å². The Kier molecular flexibility index (Phi) is 3.64. The van der Waals surface area contributed by atoms with Crippen LogP contribution in [-0.4, -0.2) is 29.7 Å². The van der Waals surface area contributed by atoms with E-state index in [9.17, 15) is 0 Å². The van der Waals surface area contributed by atoms with Crippen molar-refractivity contribution in [1.29, 1.82) is 0 Å². The zero-order valence-corrected chi connectivity index (χ0v) is 8.24. The molecule has 1 N–H and O–H groups in total. The number of methoxy groups -OCH3 is 1. The summed E-state index contributed by atoms with van der Waals surface area (Å²) in [5.74, 6) is 0.844. The van der Waals surface area contributed by atoms with Crippen LogP contribution < -0.4 is 5.32 Å². The van der Waals surface area contributed by atoms with Crippen LogP contribution in [0.15, 0.2) is 12.4 Å². The smallest absolute Gasteiger partial charge is 0.129 e. The Labute approximate surface area is 78.4 Å². The third-order valence-corrected chi connectivity index (χ3v) is 1.61. The van der Waals surface area contributed by atoms with Crippen LogP contribution in [0.1, 0.15) is 12.6 Å². The Morgan fingerprint density at radius 2 is 2.31 bits per heavy atom. The van der Waals surface area contributed by atoms with Crippen LogP contribution in [0.25, 0.3) is 0 Å². The molecule has 13 heavy (non-hydrogen) atoms. The fourth-order valence-electron chi connectivity index (χ4n) is 1.08. The van der Waals surface area contributed by atoms with Crippen molar-refractivity contribution in [3.8, 4) is 0 Å². The number of rotatable bonds is 4. The van der Waals surface area contributed by atoms with Gasteiger partial charge < -0.3 is 10.1 Å². The molecule has 4 heteroatoms. The Hall–Kier alpha value is -1.16. The lowest BCUT2D eigenvalue weighted by atomic mass is 10.3. The zero-order valence-electron chi connectivity index (χ0n) is 8.24. The molecule has 0 unspecified atom stereocenters. The molecule has 0 fully saturated rings. The van der Waals surface area contributed by atoms with Crippen LogP contribution >= 0.6 is 0 Å². The van der Waals surface area contributed by atoms with Crippen LogP contribution in [0.3, 0.4) is 0 Å². The van der Waals surface area contributed by atoms with Crippen molar-refractivity contribution in [1.82, 2.24) is 9.97 Å². The molecular formula is C9H15N3O. The largest absolute Gasteiger partial charge is 0.383 e. The Morgan fingerprint density at radius 3 is 2.92 bits per heavy atom. The van der Waals surface area contributed by atoms with Gasteiger partial charge in [-0.25, -0.2) is 9.97 Å². The predicted octanol–water partition coefficient (Wildman–Crippen LogP) is 1.23. The van der Waals surface area contributed by atoms with Gasteiger partial charge >= 0.3 is 0 Å². The highest BCUT2D eigenvalue weighted by Gasteiger charge is 2.01. The van der Waals surface area contributed by atoms with Gasteiger partial charge in [-0.3, -0.25) is 0 Å². The van der Waals surface area contributed by atoms with E-state index in [1.807, 2.05) is 19.9 Å². The molecule has 1 rings (SSSR count). The molecule has 0 radical (unpaired) electrons. The summed E-state index contributed by atoms with van der Waals surface area (Å²) in [4.78, 5) is 8.09. The van der Waals surface area contributed by atoms with Crippen LogP contribution in [0, 0.1) is 6.92 Å². The molecule has 72 valence electrons. The molecule has 0 aliphatic carbocycles. The van der Waals surface area contributed by atoms with Crippen LogP contribution in [0.4, 0.5) is 5.82 Å². The van der Waals surface area contributed by atoms with Gasteiger partial charge in [-0.2, -0.15) is 0 Å². The Balaban J connectivity index is 2.53. The van der Waals surface area contributed by atoms with E-state index in [1.165, 1.54) is 0 Å². The number of hydrogen-bond acceptors (Lipinski definition) is 4. The number of aromatic nitrogens is 2. The number of ether oxygens (including phenoxy) is 1. The van der Waals surface area contributed by atoms with Gasteiger partial charge in [0.25, 0.3) is 0 Å². The standard InChI is InChI=1S/C9H15N3O/c1-7-4-9(11-6-10-7)12-8(2)5-13-3/h4,6,8H,5H2,1-3H3,(H,10,11,12)/t8-/m1/s1. The van der Waals surface area contributed by atoms with E-state index in [2.05, 4.69) is 15.3 Å². The van der Waals surface area contributed by atoms with E-state index in [4.69, 9.17) is 4.74 Å². The molecule has 1 atom stereocenters. The number of nitrogens with one attached hydrogen (secondary N) is 1. The maximum atomic E-state index is 5.00. The van der Waals surface area contributed by atoms with E-state index >= 15 is 0 Å². The highest BCUT2D eigenvalue weighted by Crippen LogP contribution is 2.04. The van der Waals surface area contributed by atoms with Crippen LogP contribution in [0.2, 0.25) is 0 Å². The van der Waals surface area contributed by atoms with E-state index in [-0.39, 0.29) is 6.04 Å². The molecule has 0 aromatic carbocycles. The summed E-state index contributed by atoms with van der Waals surface area (Å²) in [6, 6.07) is 2.17. The molecule has 1 aromatic rings. The molecule has 0 saturated heterocycles. The summed E-state index contributed by atoms with van der Waals surface area (Å²) in [5.41, 5.74) is 0.960. The minimum atomic E-state index is 0.263. The molecule has 1 aromatic heterocycles. The van der Waals surface area contributed by atoms with Gasteiger partial charge in [0.05, 0.1) is 6.61 Å². The molecule has 1 heterocycles. The molecule has 0 aliphatic heterocycles. The van der Waals surface area contributed by atoms with Crippen molar-refractivity contribution in [2.24, 2.45) is 0 Å². The minimum Gasteiger partial charge on any atom is -0.383 e. The second kappa shape index (κ2) is 4.77. The summed E-state index contributed by atoms with van der Waals surface area (Å²) >= 11 is 0. The molecule has 4 nitrogen and oxygen atoms in total. The highest BCUT2D eigenvalue weighted by molar-refractivity contribution is 5.35. The minimum absolute atomic E-state index is 0.263. The first kappa shape index (κ1) is 9.92. The number of anilines is 1. The fraction of sp³-hybridized carbons (Fsp3) is 0.556. The monoisotopic (exact) mass is 181 g/mol. The van der Waals surface area contributed by atoms with Gasteiger partial charge in [-0.1, -0.05) is 0 Å². The summed E-state index contributed by atoms with van der Waals surface area (Å²) in [6.45, 7) is 4.65. The maximum absolute atomic E-state index is 5.00. The highest BCUT2D eigenvalue weighted by atomic mass is 16.5. The molecule has 0 aliphatic rings. The van der Waals surface area contributed by atoms with E-state index < -0.39 is 0 Å². The Morgan fingerprint density at radius 1 is 1.54 bits per heavy atom. The van der Waals surface area contributed by atoms with E-state index in [1.54, 1.807) is 13.4 Å². The summed E-state index contributed by atoms with van der Waals surface area (Å²) in [5, 5.41) is 3.21. The summed E-state index contributed by atoms with van der Waals surface area (Å²) < 4.78 is 5.00. The van der Waals surface area contributed by atoms with Gasteiger partial charge in [0.1, 0.15) is 12.1 Å². The van der Waals surface area contributed by atoms with Crippen molar-refractivity contribution < 1.29 is 4.74 Å². The first-order valence-corrected chi connectivity index (χ1v) is 4.26. The van der Waals surface area contributed by atoms with Crippen molar-refractivity contribution >= 4 is 5.82 Å². The molecule has 0 amide bonds. The molecular weight excluding hydrogens is 166 g/mol. The van der Waals surface area contributed by atoms with Gasteiger partial charge in [-0.05, 0) is 13.8 Å². The van der Waals surface area contributed by atoms with Crippen LogP contribution in [0.5, 0.6) is 0 Å². The van der Waals surface area contributed by atoms with Gasteiger partial charge in [0.15, 0.2) is 0 Å². The van der Waals surface area contributed by atoms with Crippen LogP contribution in [-0.2, 0) is 4.74 Å². The third kappa shape index (κ3) is 3.38. The second-order valence-electron chi connectivity index (χ2n) is 3.05.